The molecule has 17 heavy (non-hydrogen) atoms. The Morgan fingerprint density at radius 2 is 2.35 bits per heavy atom. The van der Waals surface area contributed by atoms with Gasteiger partial charge in [-0.25, -0.2) is 0 Å². The lowest BCUT2D eigenvalue weighted by molar-refractivity contribution is -0.141. The third-order valence-electron chi connectivity index (χ3n) is 1.98. The van der Waals surface area contributed by atoms with E-state index in [1.54, 1.807) is 37.4 Å². The number of nitrogens with two attached hydrogens (primary N) is 1. The predicted molar refractivity (Wildman–Crippen MR) is 69.5 cm³/mol. The quantitative estimate of drug-likeness (QED) is 0.624. The van der Waals surface area contributed by atoms with Crippen LogP contribution in [0.2, 0.25) is 5.02 Å². The molecule has 0 aliphatic rings. The first-order valence-electron chi connectivity index (χ1n) is 5.24. The summed E-state index contributed by atoms with van der Waals surface area (Å²) in [6, 6.07) is 5.23. The Morgan fingerprint density at radius 3 is 3.00 bits per heavy atom. The fourth-order valence-electron chi connectivity index (χ4n) is 1.20. The summed E-state index contributed by atoms with van der Waals surface area (Å²) in [5.41, 5.74) is 7.18. The number of carbonyl (C=O) groups is 1. The zero-order chi connectivity index (χ0) is 12.7. The molecule has 1 aromatic carbocycles. The SMILES string of the molecule is CCOC(=O)CNC=Cc1ccc(Cl)cc1N. The Morgan fingerprint density at radius 1 is 1.59 bits per heavy atom. The van der Waals surface area contributed by atoms with E-state index in [1.807, 2.05) is 0 Å². The van der Waals surface area contributed by atoms with Gasteiger partial charge in [-0.15, -0.1) is 0 Å². The first kappa shape index (κ1) is 13.4. The fraction of sp³-hybridized carbons (Fsp3) is 0.250. The van der Waals surface area contributed by atoms with E-state index in [2.05, 4.69) is 5.32 Å². The van der Waals surface area contributed by atoms with Crippen molar-refractivity contribution < 1.29 is 9.53 Å². The highest BCUT2D eigenvalue weighted by Gasteiger charge is 1.98. The molecule has 0 bridgehead atoms. The summed E-state index contributed by atoms with van der Waals surface area (Å²) < 4.78 is 4.76. The van der Waals surface area contributed by atoms with Gasteiger partial charge < -0.3 is 15.8 Å². The molecule has 0 saturated carbocycles. The van der Waals surface area contributed by atoms with Crippen molar-refractivity contribution in [3.05, 3.63) is 35.0 Å². The Bertz CT molecular complexity index is 419. The summed E-state index contributed by atoms with van der Waals surface area (Å²) in [4.78, 5) is 11.0. The maximum Gasteiger partial charge on any atom is 0.325 e. The molecule has 0 saturated heterocycles. The number of anilines is 1. The van der Waals surface area contributed by atoms with Crippen LogP contribution in [-0.4, -0.2) is 19.1 Å². The third kappa shape index (κ3) is 4.78. The smallest absolute Gasteiger partial charge is 0.325 e. The molecule has 0 fully saturated rings. The van der Waals surface area contributed by atoms with Crippen LogP contribution in [-0.2, 0) is 9.53 Å². The Labute approximate surface area is 105 Å². The van der Waals surface area contributed by atoms with Gasteiger partial charge in [0.15, 0.2) is 0 Å². The van der Waals surface area contributed by atoms with Crippen LogP contribution in [0.25, 0.3) is 6.08 Å². The monoisotopic (exact) mass is 254 g/mol. The highest BCUT2D eigenvalue weighted by Crippen LogP contribution is 2.18. The number of nitrogens with one attached hydrogen (secondary N) is 1. The number of ether oxygens (including phenoxy) is 1. The van der Waals surface area contributed by atoms with Crippen molar-refractivity contribution in [2.24, 2.45) is 0 Å². The summed E-state index contributed by atoms with van der Waals surface area (Å²) in [5.74, 6) is -0.291. The first-order chi connectivity index (χ1) is 8.13. The van der Waals surface area contributed by atoms with E-state index in [0.717, 1.165) is 5.56 Å². The number of carbonyl (C=O) groups excluding carboxylic acids is 1. The van der Waals surface area contributed by atoms with E-state index in [-0.39, 0.29) is 12.5 Å². The number of esters is 1. The van der Waals surface area contributed by atoms with Gasteiger partial charge in [-0.3, -0.25) is 4.79 Å². The zero-order valence-electron chi connectivity index (χ0n) is 9.57. The van der Waals surface area contributed by atoms with Crippen LogP contribution in [0, 0.1) is 0 Å². The fourth-order valence-corrected chi connectivity index (χ4v) is 1.38. The molecule has 4 nitrogen and oxygen atoms in total. The summed E-state index contributed by atoms with van der Waals surface area (Å²) in [6.07, 6.45) is 3.42. The molecule has 3 N–H and O–H groups in total. The van der Waals surface area contributed by atoms with Crippen molar-refractivity contribution >= 4 is 29.3 Å². The van der Waals surface area contributed by atoms with Crippen molar-refractivity contribution in [1.82, 2.24) is 5.32 Å². The molecule has 0 radical (unpaired) electrons. The molecule has 0 amide bonds. The lowest BCUT2D eigenvalue weighted by Crippen LogP contribution is -2.20. The Balaban J connectivity index is 2.45. The van der Waals surface area contributed by atoms with Crippen LogP contribution in [0.3, 0.4) is 0 Å². The molecule has 0 aliphatic carbocycles. The van der Waals surface area contributed by atoms with Gasteiger partial charge in [0.2, 0.25) is 0 Å². The van der Waals surface area contributed by atoms with Gasteiger partial charge in [0.05, 0.1) is 6.61 Å². The van der Waals surface area contributed by atoms with Crippen LogP contribution in [0.1, 0.15) is 12.5 Å². The first-order valence-corrected chi connectivity index (χ1v) is 5.62. The largest absolute Gasteiger partial charge is 0.465 e. The topological polar surface area (TPSA) is 64.3 Å². The van der Waals surface area contributed by atoms with Crippen LogP contribution < -0.4 is 11.1 Å². The minimum absolute atomic E-state index is 0.137. The van der Waals surface area contributed by atoms with Gasteiger partial charge in [0.25, 0.3) is 0 Å². The van der Waals surface area contributed by atoms with Gasteiger partial charge in [-0.05, 0) is 36.9 Å². The van der Waals surface area contributed by atoms with E-state index < -0.39 is 0 Å². The predicted octanol–water partition coefficient (Wildman–Crippen LogP) is 2.05. The van der Waals surface area contributed by atoms with E-state index in [4.69, 9.17) is 22.1 Å². The second kappa shape index (κ2) is 6.81. The van der Waals surface area contributed by atoms with Gasteiger partial charge in [0, 0.05) is 10.7 Å². The zero-order valence-corrected chi connectivity index (χ0v) is 10.3. The Kier molecular flexibility index (Phi) is 5.36. The van der Waals surface area contributed by atoms with E-state index in [0.29, 0.717) is 17.3 Å². The average molecular weight is 255 g/mol. The number of halogens is 1. The van der Waals surface area contributed by atoms with Crippen molar-refractivity contribution in [2.45, 2.75) is 6.92 Å². The minimum Gasteiger partial charge on any atom is -0.465 e. The molecule has 1 rings (SSSR count). The average Bonchev–Trinajstić information content (AvgIpc) is 2.27. The van der Waals surface area contributed by atoms with Gasteiger partial charge in [-0.2, -0.15) is 0 Å². The lowest BCUT2D eigenvalue weighted by Gasteiger charge is -2.02. The van der Waals surface area contributed by atoms with Crippen molar-refractivity contribution in [2.75, 3.05) is 18.9 Å². The van der Waals surface area contributed by atoms with E-state index in [9.17, 15) is 4.79 Å². The summed E-state index contributed by atoms with van der Waals surface area (Å²) in [5, 5.41) is 3.41. The highest BCUT2D eigenvalue weighted by molar-refractivity contribution is 6.30. The van der Waals surface area contributed by atoms with E-state index >= 15 is 0 Å². The van der Waals surface area contributed by atoms with Gasteiger partial charge in [-0.1, -0.05) is 17.7 Å². The van der Waals surface area contributed by atoms with Crippen molar-refractivity contribution in [3.8, 4) is 0 Å². The van der Waals surface area contributed by atoms with Crippen molar-refractivity contribution in [1.29, 1.82) is 0 Å². The second-order valence-electron chi connectivity index (χ2n) is 3.29. The molecular weight excluding hydrogens is 240 g/mol. The third-order valence-corrected chi connectivity index (χ3v) is 2.22. The van der Waals surface area contributed by atoms with Gasteiger partial charge >= 0.3 is 5.97 Å². The maximum atomic E-state index is 11.0. The van der Waals surface area contributed by atoms with Crippen molar-refractivity contribution in [3.63, 3.8) is 0 Å². The number of rotatable bonds is 5. The molecule has 0 atom stereocenters. The number of nitrogen functional groups attached to an aromatic ring is 1. The summed E-state index contributed by atoms with van der Waals surface area (Å²) in [7, 11) is 0. The molecule has 0 unspecified atom stereocenters. The molecule has 0 aromatic heterocycles. The molecule has 5 heteroatoms. The summed E-state index contributed by atoms with van der Waals surface area (Å²) in [6.45, 7) is 2.29. The van der Waals surface area contributed by atoms with Crippen LogP contribution >= 0.6 is 11.6 Å². The van der Waals surface area contributed by atoms with Crippen LogP contribution in [0.15, 0.2) is 24.4 Å². The number of hydrogen-bond donors (Lipinski definition) is 2. The molecule has 0 spiro atoms. The standard InChI is InChI=1S/C12H15ClN2O2/c1-2-17-12(16)8-15-6-5-9-3-4-10(13)7-11(9)14/h3-7,15H,2,8,14H2,1H3. The van der Waals surface area contributed by atoms with Gasteiger partial charge in [0.1, 0.15) is 6.54 Å². The van der Waals surface area contributed by atoms with Crippen LogP contribution in [0.4, 0.5) is 5.69 Å². The molecular formula is C12H15ClN2O2. The summed E-state index contributed by atoms with van der Waals surface area (Å²) >= 11 is 5.77. The Hall–Kier alpha value is -1.68. The molecule has 1 aromatic rings. The van der Waals surface area contributed by atoms with Crippen LogP contribution in [0.5, 0.6) is 0 Å². The molecule has 0 aliphatic heterocycles. The lowest BCUT2D eigenvalue weighted by atomic mass is 10.2. The number of hydrogen-bond acceptors (Lipinski definition) is 4. The maximum absolute atomic E-state index is 11.0. The normalized spacial score (nSPS) is 10.5. The highest BCUT2D eigenvalue weighted by atomic mass is 35.5. The number of benzene rings is 1. The van der Waals surface area contributed by atoms with E-state index in [1.165, 1.54) is 0 Å². The second-order valence-corrected chi connectivity index (χ2v) is 3.73. The minimum atomic E-state index is -0.291. The molecule has 0 heterocycles. The molecule has 92 valence electrons.